The maximum absolute atomic E-state index is 11.6. The van der Waals surface area contributed by atoms with Crippen LogP contribution in [0.4, 0.5) is 5.69 Å². The van der Waals surface area contributed by atoms with Crippen molar-refractivity contribution in [1.82, 2.24) is 0 Å². The van der Waals surface area contributed by atoms with Crippen LogP contribution in [0.2, 0.25) is 0 Å². The van der Waals surface area contributed by atoms with Crippen LogP contribution >= 0.6 is 0 Å². The van der Waals surface area contributed by atoms with Crippen molar-refractivity contribution in [2.45, 2.75) is 11.3 Å². The van der Waals surface area contributed by atoms with Crippen molar-refractivity contribution < 1.29 is 56.8 Å². The van der Waals surface area contributed by atoms with Gasteiger partial charge in [0.15, 0.2) is 0 Å². The zero-order chi connectivity index (χ0) is 15.1. The van der Waals surface area contributed by atoms with E-state index >= 15 is 0 Å². The fraction of sp³-hybridized carbons (Fsp3) is 0.0909. The van der Waals surface area contributed by atoms with Crippen molar-refractivity contribution in [2.24, 2.45) is 0 Å². The molecular weight excluding hydrogens is 313 g/mol. The minimum atomic E-state index is -5.16. The molecule has 0 saturated heterocycles. The summed E-state index contributed by atoms with van der Waals surface area (Å²) in [5, 5.41) is 8.85. The molecule has 0 unspecified atom stereocenters. The van der Waals surface area contributed by atoms with Gasteiger partial charge in [0, 0.05) is 17.1 Å². The number of anilines is 1. The second-order valence-electron chi connectivity index (χ2n) is 3.98. The van der Waals surface area contributed by atoms with Crippen LogP contribution in [0.25, 0.3) is 11.0 Å². The Bertz CT molecular complexity index is 872. The van der Waals surface area contributed by atoms with Gasteiger partial charge in [-0.05, 0) is 17.7 Å². The smallest absolute Gasteiger partial charge is 0.744 e. The van der Waals surface area contributed by atoms with Crippen molar-refractivity contribution in [3.8, 4) is 0 Å². The molecule has 2 rings (SSSR count). The van der Waals surface area contributed by atoms with E-state index in [1.54, 1.807) is 0 Å². The van der Waals surface area contributed by atoms with E-state index in [4.69, 9.17) is 15.3 Å². The topological polar surface area (TPSA) is 151 Å². The molecule has 0 saturated carbocycles. The molecule has 8 nitrogen and oxygen atoms in total. The fourth-order valence-corrected chi connectivity index (χ4v) is 2.57. The molecule has 0 aliphatic rings. The van der Waals surface area contributed by atoms with Crippen LogP contribution in [-0.4, -0.2) is 24.0 Å². The Balaban J connectivity index is 0.00000220. The number of carbonyl (C=O) groups is 1. The van der Waals surface area contributed by atoms with E-state index in [9.17, 15) is 22.6 Å². The molecule has 0 spiro atoms. The van der Waals surface area contributed by atoms with Gasteiger partial charge in [-0.2, -0.15) is 0 Å². The first-order chi connectivity index (χ1) is 9.20. The van der Waals surface area contributed by atoms with Crippen LogP contribution in [-0.2, 0) is 21.3 Å². The molecule has 0 aliphatic heterocycles. The summed E-state index contributed by atoms with van der Waals surface area (Å²) < 4.78 is 38.1. The van der Waals surface area contributed by atoms with Crippen LogP contribution in [0, 0.1) is 0 Å². The maximum atomic E-state index is 11.6. The normalized spacial score (nSPS) is 11.1. The first-order valence-electron chi connectivity index (χ1n) is 5.23. The molecule has 3 N–H and O–H groups in total. The summed E-state index contributed by atoms with van der Waals surface area (Å²) in [5.41, 5.74) is 3.83. The van der Waals surface area contributed by atoms with Gasteiger partial charge in [-0.15, -0.1) is 0 Å². The van der Waals surface area contributed by atoms with Gasteiger partial charge >= 0.3 is 41.2 Å². The standard InChI is InChI=1S/C11H9NO7S.Na/c12-5-1-2-6-7(4-9(13)14)10(20(16,17)18)11(15)19-8(6)3-5;/h1-3H,4,12H2,(H,13,14)(H,16,17,18);/q;+1/p-1. The van der Waals surface area contributed by atoms with Crippen LogP contribution in [0.1, 0.15) is 5.56 Å². The third-order valence-electron chi connectivity index (χ3n) is 2.57. The number of rotatable bonds is 3. The van der Waals surface area contributed by atoms with Gasteiger partial charge in [-0.1, -0.05) is 0 Å². The average Bonchev–Trinajstić information content (AvgIpc) is 2.25. The molecule has 0 fully saturated rings. The average molecular weight is 321 g/mol. The van der Waals surface area contributed by atoms with Crippen molar-refractivity contribution in [3.05, 3.63) is 34.2 Å². The Hall–Kier alpha value is -1.39. The zero-order valence-corrected chi connectivity index (χ0v) is 13.6. The second kappa shape index (κ2) is 6.16. The number of nitrogen functional groups attached to an aromatic ring is 1. The molecule has 10 heteroatoms. The summed E-state index contributed by atoms with van der Waals surface area (Å²) in [5.74, 6) is -1.39. The first-order valence-corrected chi connectivity index (χ1v) is 6.64. The number of hydrogen-bond acceptors (Lipinski definition) is 7. The second-order valence-corrected chi connectivity index (χ2v) is 5.29. The molecule has 106 valence electrons. The zero-order valence-electron chi connectivity index (χ0n) is 10.8. The van der Waals surface area contributed by atoms with Crippen LogP contribution in [0.3, 0.4) is 0 Å². The molecule has 2 aromatic rings. The van der Waals surface area contributed by atoms with E-state index in [1.807, 2.05) is 0 Å². The van der Waals surface area contributed by atoms with Gasteiger partial charge in [0.05, 0.1) is 6.42 Å². The summed E-state index contributed by atoms with van der Waals surface area (Å²) in [6.07, 6.45) is -0.803. The van der Waals surface area contributed by atoms with E-state index < -0.39 is 38.6 Å². The first kappa shape index (κ1) is 17.7. The van der Waals surface area contributed by atoms with Gasteiger partial charge in [-0.3, -0.25) is 4.79 Å². The van der Waals surface area contributed by atoms with Gasteiger partial charge in [0.25, 0.3) is 0 Å². The summed E-state index contributed by atoms with van der Waals surface area (Å²) in [4.78, 5) is 21.2. The molecule has 1 aromatic carbocycles. The number of benzene rings is 1. The Morgan fingerprint density at radius 2 is 2.00 bits per heavy atom. The van der Waals surface area contributed by atoms with Crippen molar-refractivity contribution in [2.75, 3.05) is 5.73 Å². The maximum Gasteiger partial charge on any atom is 1.00 e. The quantitative estimate of drug-likeness (QED) is 0.261. The van der Waals surface area contributed by atoms with Crippen molar-refractivity contribution >= 4 is 32.7 Å². The molecule has 1 heterocycles. The van der Waals surface area contributed by atoms with Crippen molar-refractivity contribution in [1.29, 1.82) is 0 Å². The van der Waals surface area contributed by atoms with Crippen LogP contribution in [0.5, 0.6) is 0 Å². The predicted octanol–water partition coefficient (Wildman–Crippen LogP) is -3.09. The van der Waals surface area contributed by atoms with Gasteiger partial charge in [0.1, 0.15) is 20.6 Å². The predicted molar refractivity (Wildman–Crippen MR) is 66.2 cm³/mol. The molecule has 21 heavy (non-hydrogen) atoms. The summed E-state index contributed by atoms with van der Waals surface area (Å²) in [6.45, 7) is 0. The van der Waals surface area contributed by atoms with E-state index in [0.717, 1.165) is 0 Å². The van der Waals surface area contributed by atoms with E-state index in [2.05, 4.69) is 0 Å². The van der Waals surface area contributed by atoms with Gasteiger partial charge < -0.3 is 19.8 Å². The van der Waals surface area contributed by atoms with Crippen molar-refractivity contribution in [3.63, 3.8) is 0 Å². The Kier molecular flexibility index (Phi) is 5.18. The van der Waals surface area contributed by atoms with E-state index in [0.29, 0.717) is 0 Å². The number of carboxylic acid groups (broad SMARTS) is 1. The molecule has 0 atom stereocenters. The number of carboxylic acids is 1. The minimum absolute atomic E-state index is 0. The largest absolute Gasteiger partial charge is 1.00 e. The molecule has 0 aliphatic carbocycles. The summed E-state index contributed by atoms with van der Waals surface area (Å²) in [7, 11) is -5.16. The Morgan fingerprint density at radius 3 is 2.52 bits per heavy atom. The SMILES string of the molecule is Nc1ccc2c(CC(=O)O)c(S(=O)(=O)[O-])c(=O)oc2c1.[Na+]. The Morgan fingerprint density at radius 1 is 1.38 bits per heavy atom. The van der Waals surface area contributed by atoms with Gasteiger partial charge in [-0.25, -0.2) is 13.2 Å². The third-order valence-corrected chi connectivity index (χ3v) is 3.48. The monoisotopic (exact) mass is 321 g/mol. The van der Waals surface area contributed by atoms with E-state index in [-0.39, 0.29) is 46.2 Å². The molecule has 0 amide bonds. The number of aliphatic carboxylic acids is 1. The summed E-state index contributed by atoms with van der Waals surface area (Å²) >= 11 is 0. The van der Waals surface area contributed by atoms with Gasteiger partial charge in [0.2, 0.25) is 0 Å². The van der Waals surface area contributed by atoms with Crippen LogP contribution in [0.15, 0.2) is 32.3 Å². The Labute approximate surface area is 140 Å². The minimum Gasteiger partial charge on any atom is -0.744 e. The molecule has 0 bridgehead atoms. The fourth-order valence-electron chi connectivity index (χ4n) is 1.84. The third kappa shape index (κ3) is 3.63. The molecule has 1 aromatic heterocycles. The summed E-state index contributed by atoms with van der Waals surface area (Å²) in [6, 6.07) is 3.90. The van der Waals surface area contributed by atoms with E-state index in [1.165, 1.54) is 18.2 Å². The molecule has 0 radical (unpaired) electrons. The number of hydrogen-bond donors (Lipinski definition) is 2. The number of fused-ring (bicyclic) bond motifs is 1. The molecular formula is C11H8NNaO7S. The van der Waals surface area contributed by atoms with Crippen LogP contribution < -0.4 is 40.9 Å². The number of nitrogens with two attached hydrogens (primary N) is 1.